The van der Waals surface area contributed by atoms with E-state index in [1.807, 2.05) is 60.7 Å². The Kier molecular flexibility index (Phi) is 6.43. The summed E-state index contributed by atoms with van der Waals surface area (Å²) in [6.45, 7) is 0. The van der Waals surface area contributed by atoms with E-state index >= 15 is 0 Å². The number of rotatable bonds is 6. The summed E-state index contributed by atoms with van der Waals surface area (Å²) in [4.78, 5) is 8.64. The van der Waals surface area contributed by atoms with Crippen molar-refractivity contribution in [3.05, 3.63) is 108 Å². The Hall–Kier alpha value is -4.58. The summed E-state index contributed by atoms with van der Waals surface area (Å²) in [5.74, 6) is 0.260. The number of hydrogen-bond donors (Lipinski definition) is 2. The van der Waals surface area contributed by atoms with Crippen LogP contribution in [0.3, 0.4) is 0 Å². The minimum atomic E-state index is 0.130. The summed E-state index contributed by atoms with van der Waals surface area (Å²) >= 11 is 0. The zero-order valence-corrected chi connectivity index (χ0v) is 17.1. The molecule has 0 aliphatic rings. The zero-order chi connectivity index (χ0) is 22.2. The highest BCUT2D eigenvalue weighted by Crippen LogP contribution is 2.26. The molecule has 4 aromatic carbocycles. The summed E-state index contributed by atoms with van der Waals surface area (Å²) < 4.78 is 0. The van der Waals surface area contributed by atoms with Gasteiger partial charge in [-0.3, -0.25) is 9.98 Å². The molecule has 0 bridgehead atoms. The maximum absolute atomic E-state index is 9.82. The minimum Gasteiger partial charge on any atom is -0.506 e. The Balaban J connectivity index is 1.48. The Bertz CT molecular complexity index is 1210. The van der Waals surface area contributed by atoms with Gasteiger partial charge in [0.25, 0.3) is 0 Å². The highest BCUT2D eigenvalue weighted by molar-refractivity contribution is 5.84. The first-order valence-electron chi connectivity index (χ1n) is 9.93. The van der Waals surface area contributed by atoms with Gasteiger partial charge in [0.2, 0.25) is 0 Å². The maximum Gasteiger partial charge on any atom is 0.141 e. The van der Waals surface area contributed by atoms with Gasteiger partial charge < -0.3 is 10.2 Å². The molecule has 2 N–H and O–H groups in total. The summed E-state index contributed by atoms with van der Waals surface area (Å²) in [7, 11) is 0. The Morgan fingerprint density at radius 1 is 0.500 bits per heavy atom. The molecule has 6 heteroatoms. The van der Waals surface area contributed by atoms with Crippen LogP contribution >= 0.6 is 0 Å². The molecule has 4 aromatic rings. The van der Waals surface area contributed by atoms with E-state index < -0.39 is 0 Å². The van der Waals surface area contributed by atoms with Crippen LogP contribution in [0.4, 0.5) is 22.7 Å². The van der Waals surface area contributed by atoms with E-state index in [4.69, 9.17) is 0 Å². The van der Waals surface area contributed by atoms with Crippen LogP contribution in [-0.4, -0.2) is 22.6 Å². The molecule has 32 heavy (non-hydrogen) atoms. The summed E-state index contributed by atoms with van der Waals surface area (Å²) in [5.41, 5.74) is 4.05. The molecule has 0 saturated heterocycles. The number of nitrogens with zero attached hydrogens (tertiary/aromatic N) is 4. The van der Waals surface area contributed by atoms with Gasteiger partial charge in [0.15, 0.2) is 0 Å². The lowest BCUT2D eigenvalue weighted by atomic mass is 10.2. The number of aromatic hydroxyl groups is 2. The predicted octanol–water partition coefficient (Wildman–Crippen LogP) is 7.01. The number of phenols is 2. The number of phenolic OH excluding ortho intramolecular Hbond substituents is 2. The van der Waals surface area contributed by atoms with Crippen molar-refractivity contribution < 1.29 is 10.2 Å². The monoisotopic (exact) mass is 420 g/mol. The first kappa shape index (κ1) is 20.7. The van der Waals surface area contributed by atoms with Crippen LogP contribution in [0.25, 0.3) is 0 Å². The second-order valence-electron chi connectivity index (χ2n) is 6.88. The Labute approximate surface area is 185 Å². The average molecular weight is 420 g/mol. The van der Waals surface area contributed by atoms with Crippen molar-refractivity contribution in [2.45, 2.75) is 0 Å². The summed E-state index contributed by atoms with van der Waals surface area (Å²) in [5, 5.41) is 28.3. The number of hydrogen-bond acceptors (Lipinski definition) is 6. The smallest absolute Gasteiger partial charge is 0.141 e. The fourth-order valence-electron chi connectivity index (χ4n) is 2.88. The Morgan fingerprint density at radius 3 is 1.38 bits per heavy atom. The SMILES string of the molecule is Oc1ccccc1N=Cc1cccc(N=Nc2cccc(C=Nc3ccccc3O)c2)c1. The van der Waals surface area contributed by atoms with Crippen LogP contribution < -0.4 is 0 Å². The van der Waals surface area contributed by atoms with Gasteiger partial charge in [-0.1, -0.05) is 48.5 Å². The molecule has 0 heterocycles. The Morgan fingerprint density at radius 2 is 0.938 bits per heavy atom. The van der Waals surface area contributed by atoms with Crippen molar-refractivity contribution in [1.29, 1.82) is 0 Å². The number of para-hydroxylation sites is 4. The van der Waals surface area contributed by atoms with Crippen LogP contribution in [0, 0.1) is 0 Å². The highest BCUT2D eigenvalue weighted by atomic mass is 16.3. The number of benzene rings is 4. The van der Waals surface area contributed by atoms with E-state index in [1.54, 1.807) is 48.8 Å². The van der Waals surface area contributed by atoms with Gasteiger partial charge in [-0.05, 0) is 59.7 Å². The fourth-order valence-corrected chi connectivity index (χ4v) is 2.88. The lowest BCUT2D eigenvalue weighted by molar-refractivity contribution is 0.476. The largest absolute Gasteiger partial charge is 0.506 e. The van der Waals surface area contributed by atoms with Gasteiger partial charge >= 0.3 is 0 Å². The van der Waals surface area contributed by atoms with Crippen molar-refractivity contribution in [1.82, 2.24) is 0 Å². The van der Waals surface area contributed by atoms with E-state index in [0.717, 1.165) is 11.1 Å². The van der Waals surface area contributed by atoms with Crippen molar-refractivity contribution in [2.24, 2.45) is 20.2 Å². The molecule has 0 unspecified atom stereocenters. The fraction of sp³-hybridized carbons (Fsp3) is 0. The molecule has 0 aromatic heterocycles. The highest BCUT2D eigenvalue weighted by Gasteiger charge is 1.99. The van der Waals surface area contributed by atoms with Crippen molar-refractivity contribution >= 4 is 35.2 Å². The van der Waals surface area contributed by atoms with E-state index in [1.165, 1.54) is 0 Å². The molecule has 0 saturated carbocycles. The molecule has 4 rings (SSSR count). The normalized spacial score (nSPS) is 11.6. The second kappa shape index (κ2) is 9.95. The third kappa shape index (κ3) is 5.52. The molecule has 6 nitrogen and oxygen atoms in total. The van der Waals surface area contributed by atoms with E-state index in [9.17, 15) is 10.2 Å². The number of azo groups is 1. The number of aliphatic imine (C=N–C) groups is 2. The molecule has 0 spiro atoms. The first-order chi connectivity index (χ1) is 15.7. The lowest BCUT2D eigenvalue weighted by Gasteiger charge is -1.99. The molecule has 0 amide bonds. The van der Waals surface area contributed by atoms with Gasteiger partial charge in [0.1, 0.15) is 22.9 Å². The zero-order valence-electron chi connectivity index (χ0n) is 17.1. The van der Waals surface area contributed by atoms with Crippen LogP contribution in [-0.2, 0) is 0 Å². The summed E-state index contributed by atoms with van der Waals surface area (Å²) in [6, 6.07) is 28.8. The second-order valence-corrected chi connectivity index (χ2v) is 6.88. The van der Waals surface area contributed by atoms with Gasteiger partial charge in [-0.2, -0.15) is 10.2 Å². The molecule has 156 valence electrons. The topological polar surface area (TPSA) is 89.9 Å². The van der Waals surface area contributed by atoms with Crippen LogP contribution in [0.2, 0.25) is 0 Å². The van der Waals surface area contributed by atoms with E-state index in [0.29, 0.717) is 22.7 Å². The third-order valence-electron chi connectivity index (χ3n) is 4.49. The van der Waals surface area contributed by atoms with Crippen LogP contribution in [0.5, 0.6) is 11.5 Å². The molecular weight excluding hydrogens is 400 g/mol. The third-order valence-corrected chi connectivity index (χ3v) is 4.49. The molecule has 0 aliphatic heterocycles. The molecule has 0 atom stereocenters. The molecular formula is C26H20N4O2. The molecule has 0 fully saturated rings. The van der Waals surface area contributed by atoms with Gasteiger partial charge in [-0.25, -0.2) is 0 Å². The molecule has 0 aliphatic carbocycles. The van der Waals surface area contributed by atoms with E-state index in [-0.39, 0.29) is 11.5 Å². The van der Waals surface area contributed by atoms with Crippen molar-refractivity contribution in [3.63, 3.8) is 0 Å². The van der Waals surface area contributed by atoms with Gasteiger partial charge in [-0.15, -0.1) is 0 Å². The maximum atomic E-state index is 9.82. The average Bonchev–Trinajstić information content (AvgIpc) is 2.82. The quantitative estimate of drug-likeness (QED) is 0.259. The standard InChI is InChI=1S/C26H20N4O2/c31-25-13-3-1-11-23(25)27-17-19-7-5-9-21(15-19)29-30-22-10-6-8-20(16-22)18-28-24-12-2-4-14-26(24)32/h1-18,31-32H. The van der Waals surface area contributed by atoms with Crippen molar-refractivity contribution in [2.75, 3.05) is 0 Å². The van der Waals surface area contributed by atoms with Crippen LogP contribution in [0.1, 0.15) is 11.1 Å². The molecule has 0 radical (unpaired) electrons. The first-order valence-corrected chi connectivity index (χ1v) is 9.93. The van der Waals surface area contributed by atoms with Gasteiger partial charge in [0.05, 0.1) is 11.4 Å². The van der Waals surface area contributed by atoms with Crippen molar-refractivity contribution in [3.8, 4) is 11.5 Å². The lowest BCUT2D eigenvalue weighted by Crippen LogP contribution is -1.80. The summed E-state index contributed by atoms with van der Waals surface area (Å²) in [6.07, 6.45) is 3.34. The van der Waals surface area contributed by atoms with Crippen LogP contribution in [0.15, 0.2) is 117 Å². The predicted molar refractivity (Wildman–Crippen MR) is 128 cm³/mol. The minimum absolute atomic E-state index is 0.130. The van der Waals surface area contributed by atoms with Gasteiger partial charge in [0, 0.05) is 12.4 Å². The van der Waals surface area contributed by atoms with E-state index in [2.05, 4.69) is 20.2 Å².